The van der Waals surface area contributed by atoms with Gasteiger partial charge in [0, 0.05) is 12.2 Å². The van der Waals surface area contributed by atoms with E-state index < -0.39 is 10.1 Å². The Hall–Kier alpha value is -2.38. The van der Waals surface area contributed by atoms with Crippen LogP contribution in [0.4, 0.5) is 5.69 Å². The van der Waals surface area contributed by atoms with Gasteiger partial charge in [0.2, 0.25) is 5.91 Å². The molecule has 0 atom stereocenters. The second-order valence-electron chi connectivity index (χ2n) is 4.71. The molecule has 0 heterocycles. The van der Waals surface area contributed by atoms with E-state index >= 15 is 0 Å². The zero-order chi connectivity index (χ0) is 17.1. The number of para-hydroxylation sites is 1. The van der Waals surface area contributed by atoms with Gasteiger partial charge in [-0.1, -0.05) is 48.5 Å². The van der Waals surface area contributed by atoms with Crippen LogP contribution < -0.4 is 10.6 Å². The first-order chi connectivity index (χ1) is 10.8. The Labute approximate surface area is 136 Å². The summed E-state index contributed by atoms with van der Waals surface area (Å²) in [5, 5.41) is 5.94. The third-order valence-corrected chi connectivity index (χ3v) is 2.56. The number of hydrogen-bond acceptors (Lipinski definition) is 4. The maximum absolute atomic E-state index is 11.6. The van der Waals surface area contributed by atoms with Gasteiger partial charge in [-0.3, -0.25) is 9.35 Å². The normalized spacial score (nSPS) is 10.2. The summed E-state index contributed by atoms with van der Waals surface area (Å²) in [5.41, 5.74) is 2.05. The van der Waals surface area contributed by atoms with Crippen molar-refractivity contribution < 1.29 is 17.8 Å². The molecule has 0 saturated heterocycles. The SMILES string of the molecule is CS(=O)(=O)O.O=C(CNc1ccccc1)NCc1ccccc1. The first-order valence-corrected chi connectivity index (χ1v) is 8.71. The third-order valence-electron chi connectivity index (χ3n) is 2.56. The summed E-state index contributed by atoms with van der Waals surface area (Å²) in [5.74, 6) is -0.0114. The van der Waals surface area contributed by atoms with E-state index in [4.69, 9.17) is 4.55 Å². The number of hydrogen-bond donors (Lipinski definition) is 3. The van der Waals surface area contributed by atoms with Crippen LogP contribution >= 0.6 is 0 Å². The number of nitrogens with one attached hydrogen (secondary N) is 2. The first-order valence-electron chi connectivity index (χ1n) is 6.86. The van der Waals surface area contributed by atoms with Gasteiger partial charge < -0.3 is 10.6 Å². The summed E-state index contributed by atoms with van der Waals surface area (Å²) in [6, 6.07) is 19.6. The van der Waals surface area contributed by atoms with Crippen LogP contribution in [0.25, 0.3) is 0 Å². The van der Waals surface area contributed by atoms with Crippen molar-refractivity contribution in [3.05, 3.63) is 66.2 Å². The fourth-order valence-corrected chi connectivity index (χ4v) is 1.60. The Balaban J connectivity index is 0.000000463. The first kappa shape index (κ1) is 18.7. The molecule has 0 aliphatic heterocycles. The van der Waals surface area contributed by atoms with Gasteiger partial charge in [-0.2, -0.15) is 8.42 Å². The van der Waals surface area contributed by atoms with Gasteiger partial charge in [0.1, 0.15) is 0 Å². The Morgan fingerprint density at radius 2 is 1.48 bits per heavy atom. The number of rotatable bonds is 5. The van der Waals surface area contributed by atoms with Crippen LogP contribution in [-0.4, -0.2) is 31.7 Å². The molecule has 7 heteroatoms. The minimum absolute atomic E-state index is 0.0114. The molecule has 0 bridgehead atoms. The lowest BCUT2D eigenvalue weighted by atomic mass is 10.2. The summed E-state index contributed by atoms with van der Waals surface area (Å²) < 4.78 is 25.9. The van der Waals surface area contributed by atoms with Crippen LogP contribution in [0.1, 0.15) is 5.56 Å². The maximum atomic E-state index is 11.6. The summed E-state index contributed by atoms with van der Waals surface area (Å²) in [7, 11) is -3.67. The highest BCUT2D eigenvalue weighted by Gasteiger charge is 2.00. The number of anilines is 1. The largest absolute Gasteiger partial charge is 0.376 e. The fraction of sp³-hybridized carbons (Fsp3) is 0.188. The summed E-state index contributed by atoms with van der Waals surface area (Å²) in [6.45, 7) is 0.854. The lowest BCUT2D eigenvalue weighted by molar-refractivity contribution is -0.119. The number of carbonyl (C=O) groups is 1. The zero-order valence-corrected chi connectivity index (χ0v) is 13.6. The Kier molecular flexibility index (Phi) is 7.79. The van der Waals surface area contributed by atoms with Crippen LogP contribution in [0, 0.1) is 0 Å². The number of carbonyl (C=O) groups excluding carboxylic acids is 1. The van der Waals surface area contributed by atoms with Crippen LogP contribution in [0.2, 0.25) is 0 Å². The van der Waals surface area contributed by atoms with Crippen molar-refractivity contribution in [3.8, 4) is 0 Å². The van der Waals surface area contributed by atoms with E-state index in [0.29, 0.717) is 12.8 Å². The van der Waals surface area contributed by atoms with Gasteiger partial charge in [0.25, 0.3) is 10.1 Å². The van der Waals surface area contributed by atoms with Crippen LogP contribution in [0.15, 0.2) is 60.7 Å². The second-order valence-corrected chi connectivity index (χ2v) is 6.18. The van der Waals surface area contributed by atoms with E-state index in [1.165, 1.54) is 0 Å². The van der Waals surface area contributed by atoms with Gasteiger partial charge in [-0.15, -0.1) is 0 Å². The zero-order valence-electron chi connectivity index (χ0n) is 12.8. The Bertz CT molecular complexity index is 635. The highest BCUT2D eigenvalue weighted by Crippen LogP contribution is 2.03. The molecule has 23 heavy (non-hydrogen) atoms. The van der Waals surface area contributed by atoms with E-state index in [0.717, 1.165) is 11.3 Å². The standard InChI is InChI=1S/C15H16N2O.CH4O3S/c18-15(12-16-14-9-5-2-6-10-14)17-11-13-7-3-1-4-8-13;1-5(2,3)4/h1-10,16H,11-12H2,(H,17,18);1H3,(H,2,3,4). The lowest BCUT2D eigenvalue weighted by Crippen LogP contribution is -2.29. The molecule has 2 aromatic carbocycles. The summed E-state index contributed by atoms with van der Waals surface area (Å²) in [6.07, 6.45) is 0.715. The maximum Gasteiger partial charge on any atom is 0.261 e. The topological polar surface area (TPSA) is 95.5 Å². The van der Waals surface area contributed by atoms with Crippen LogP contribution in [0.3, 0.4) is 0 Å². The number of benzene rings is 2. The molecule has 0 saturated carbocycles. The molecule has 1 amide bonds. The molecule has 0 fully saturated rings. The minimum Gasteiger partial charge on any atom is -0.376 e. The third kappa shape index (κ3) is 10.9. The Morgan fingerprint density at radius 1 is 1.00 bits per heavy atom. The highest BCUT2D eigenvalue weighted by atomic mass is 32.2. The fourth-order valence-electron chi connectivity index (χ4n) is 1.60. The van der Waals surface area contributed by atoms with Gasteiger partial charge >= 0.3 is 0 Å². The molecule has 6 nitrogen and oxygen atoms in total. The smallest absolute Gasteiger partial charge is 0.261 e. The molecule has 2 aromatic rings. The molecular formula is C16H20N2O4S. The van der Waals surface area contributed by atoms with Gasteiger partial charge in [-0.05, 0) is 17.7 Å². The quantitative estimate of drug-likeness (QED) is 0.725. The minimum atomic E-state index is -3.67. The highest BCUT2D eigenvalue weighted by molar-refractivity contribution is 7.85. The van der Waals surface area contributed by atoms with Crippen molar-refractivity contribution >= 4 is 21.7 Å². The van der Waals surface area contributed by atoms with Crippen molar-refractivity contribution in [2.45, 2.75) is 6.54 Å². The van der Waals surface area contributed by atoms with E-state index in [1.807, 2.05) is 60.7 Å². The summed E-state index contributed by atoms with van der Waals surface area (Å²) >= 11 is 0. The van der Waals surface area contributed by atoms with Gasteiger partial charge in [-0.25, -0.2) is 0 Å². The Morgan fingerprint density at radius 3 is 2.00 bits per heavy atom. The van der Waals surface area contributed by atoms with Crippen molar-refractivity contribution in [3.63, 3.8) is 0 Å². The molecule has 0 radical (unpaired) electrons. The average Bonchev–Trinajstić information content (AvgIpc) is 2.51. The van der Waals surface area contributed by atoms with Crippen molar-refractivity contribution in [1.82, 2.24) is 5.32 Å². The average molecular weight is 336 g/mol. The molecule has 0 aliphatic carbocycles. The molecule has 124 valence electrons. The van der Waals surface area contributed by atoms with E-state index in [9.17, 15) is 13.2 Å². The molecule has 0 aliphatic rings. The predicted molar refractivity (Wildman–Crippen MR) is 90.7 cm³/mol. The van der Waals surface area contributed by atoms with Crippen LogP contribution in [-0.2, 0) is 21.5 Å². The van der Waals surface area contributed by atoms with Gasteiger partial charge in [0.15, 0.2) is 0 Å². The molecule has 0 unspecified atom stereocenters. The molecule has 0 spiro atoms. The van der Waals surface area contributed by atoms with E-state index in [2.05, 4.69) is 10.6 Å². The van der Waals surface area contributed by atoms with Crippen molar-refractivity contribution in [2.24, 2.45) is 0 Å². The molecule has 0 aromatic heterocycles. The van der Waals surface area contributed by atoms with Crippen LogP contribution in [0.5, 0.6) is 0 Å². The molecule has 2 rings (SSSR count). The number of amides is 1. The summed E-state index contributed by atoms with van der Waals surface area (Å²) in [4.78, 5) is 11.6. The predicted octanol–water partition coefficient (Wildman–Crippen LogP) is 1.92. The van der Waals surface area contributed by atoms with E-state index in [-0.39, 0.29) is 12.5 Å². The lowest BCUT2D eigenvalue weighted by Gasteiger charge is -2.07. The van der Waals surface area contributed by atoms with Crippen molar-refractivity contribution in [2.75, 3.05) is 18.1 Å². The van der Waals surface area contributed by atoms with E-state index in [1.54, 1.807) is 0 Å². The van der Waals surface area contributed by atoms with Crippen molar-refractivity contribution in [1.29, 1.82) is 0 Å². The van der Waals surface area contributed by atoms with Gasteiger partial charge in [0.05, 0.1) is 12.8 Å². The molecule has 3 N–H and O–H groups in total. The monoisotopic (exact) mass is 336 g/mol. The second kappa shape index (κ2) is 9.60. The molecular weight excluding hydrogens is 316 g/mol.